The van der Waals surface area contributed by atoms with Crippen molar-refractivity contribution in [3.05, 3.63) is 75.9 Å². The van der Waals surface area contributed by atoms with E-state index in [9.17, 15) is 4.79 Å². The highest BCUT2D eigenvalue weighted by atomic mass is 127. The molecule has 31 heavy (non-hydrogen) atoms. The van der Waals surface area contributed by atoms with Crippen LogP contribution in [0.5, 0.6) is 5.75 Å². The molecule has 0 bridgehead atoms. The van der Waals surface area contributed by atoms with Crippen LogP contribution in [0.2, 0.25) is 0 Å². The van der Waals surface area contributed by atoms with Gasteiger partial charge in [0.15, 0.2) is 17.3 Å². The highest BCUT2D eigenvalue weighted by molar-refractivity contribution is 14.1. The highest BCUT2D eigenvalue weighted by Crippen LogP contribution is 2.27. The Morgan fingerprint density at radius 2 is 1.97 bits per heavy atom. The summed E-state index contributed by atoms with van der Waals surface area (Å²) in [6, 6.07) is 20.9. The average Bonchev–Trinajstić information content (AvgIpc) is 3.16. The standard InChI is InChI=1S/C23H18IN3O3S/c1-14-4-2-7-18(10-14)29-13-21(28)27-23(31)25-17-8-9-20-19(12-17)26-22(30-20)15-5-3-6-16(24)11-15/h2-12H,13H2,1H3,(H2,25,27,28,31). The van der Waals surface area contributed by atoms with Gasteiger partial charge in [-0.25, -0.2) is 4.98 Å². The normalized spacial score (nSPS) is 10.6. The molecule has 8 heteroatoms. The van der Waals surface area contributed by atoms with Crippen molar-refractivity contribution in [3.63, 3.8) is 0 Å². The van der Waals surface area contributed by atoms with Crippen LogP contribution in [-0.2, 0) is 4.79 Å². The van der Waals surface area contributed by atoms with E-state index in [2.05, 4.69) is 38.2 Å². The van der Waals surface area contributed by atoms with Crippen molar-refractivity contribution in [2.45, 2.75) is 6.92 Å². The molecule has 2 N–H and O–H groups in total. The third-order valence-electron chi connectivity index (χ3n) is 4.33. The molecule has 0 radical (unpaired) electrons. The van der Waals surface area contributed by atoms with Crippen LogP contribution in [0.3, 0.4) is 0 Å². The molecule has 6 nitrogen and oxygen atoms in total. The molecule has 0 spiro atoms. The molecule has 0 unspecified atom stereocenters. The van der Waals surface area contributed by atoms with Gasteiger partial charge in [-0.1, -0.05) is 18.2 Å². The molecule has 4 aromatic rings. The minimum absolute atomic E-state index is 0.132. The number of aromatic nitrogens is 1. The number of anilines is 1. The second kappa shape index (κ2) is 9.44. The van der Waals surface area contributed by atoms with E-state index in [0.717, 1.165) is 14.7 Å². The van der Waals surface area contributed by atoms with Gasteiger partial charge in [0.2, 0.25) is 5.89 Å². The molecule has 156 valence electrons. The second-order valence-electron chi connectivity index (χ2n) is 6.82. The number of nitrogens with one attached hydrogen (secondary N) is 2. The second-order valence-corrected chi connectivity index (χ2v) is 8.47. The van der Waals surface area contributed by atoms with E-state index in [1.807, 2.05) is 67.6 Å². The van der Waals surface area contributed by atoms with Gasteiger partial charge in [0, 0.05) is 14.8 Å². The van der Waals surface area contributed by atoms with Gasteiger partial charge in [-0.15, -0.1) is 0 Å². The summed E-state index contributed by atoms with van der Waals surface area (Å²) in [4.78, 5) is 16.7. The van der Waals surface area contributed by atoms with Gasteiger partial charge < -0.3 is 14.5 Å². The van der Waals surface area contributed by atoms with Gasteiger partial charge >= 0.3 is 0 Å². The Bertz CT molecular complexity index is 1270. The van der Waals surface area contributed by atoms with E-state index in [1.54, 1.807) is 6.07 Å². The molecule has 0 atom stereocenters. The number of halogens is 1. The van der Waals surface area contributed by atoms with Crippen LogP contribution in [0.15, 0.2) is 71.1 Å². The molecule has 1 amide bonds. The molecule has 4 rings (SSSR count). The first-order chi connectivity index (χ1) is 15.0. The first kappa shape index (κ1) is 21.3. The maximum absolute atomic E-state index is 12.1. The number of nitrogens with zero attached hydrogens (tertiary/aromatic N) is 1. The molecule has 0 aliphatic rings. The zero-order valence-electron chi connectivity index (χ0n) is 16.5. The van der Waals surface area contributed by atoms with Crippen LogP contribution in [0.1, 0.15) is 5.56 Å². The number of hydrogen-bond acceptors (Lipinski definition) is 5. The van der Waals surface area contributed by atoms with Gasteiger partial charge in [-0.05, 0) is 95.8 Å². The number of carbonyl (C=O) groups excluding carboxylic acids is 1. The number of aryl methyl sites for hydroxylation is 1. The molecule has 0 aliphatic carbocycles. The van der Waals surface area contributed by atoms with Crippen LogP contribution in [0.4, 0.5) is 5.69 Å². The molecule has 3 aromatic carbocycles. The van der Waals surface area contributed by atoms with Crippen LogP contribution < -0.4 is 15.4 Å². The summed E-state index contributed by atoms with van der Waals surface area (Å²) in [6.45, 7) is 1.83. The summed E-state index contributed by atoms with van der Waals surface area (Å²) in [5, 5.41) is 5.78. The predicted octanol–water partition coefficient (Wildman–Crippen LogP) is 5.30. The Morgan fingerprint density at radius 3 is 2.77 bits per heavy atom. The van der Waals surface area contributed by atoms with Crippen molar-refractivity contribution in [1.29, 1.82) is 0 Å². The van der Waals surface area contributed by atoms with E-state index in [-0.39, 0.29) is 17.6 Å². The Labute approximate surface area is 198 Å². The fraction of sp³-hybridized carbons (Fsp3) is 0.0870. The molecule has 0 saturated carbocycles. The lowest BCUT2D eigenvalue weighted by Gasteiger charge is -2.10. The summed E-state index contributed by atoms with van der Waals surface area (Å²) in [7, 11) is 0. The number of rotatable bonds is 5. The van der Waals surface area contributed by atoms with E-state index in [1.165, 1.54) is 0 Å². The lowest BCUT2D eigenvalue weighted by Crippen LogP contribution is -2.37. The van der Waals surface area contributed by atoms with E-state index in [4.69, 9.17) is 21.4 Å². The topological polar surface area (TPSA) is 76.4 Å². The maximum atomic E-state index is 12.1. The fourth-order valence-corrected chi connectivity index (χ4v) is 3.70. The summed E-state index contributed by atoms with van der Waals surface area (Å²) in [5.74, 6) is 0.840. The number of ether oxygens (including phenoxy) is 1. The van der Waals surface area contributed by atoms with Crippen molar-refractivity contribution in [3.8, 4) is 17.2 Å². The number of thiocarbonyl (C=S) groups is 1. The lowest BCUT2D eigenvalue weighted by atomic mass is 10.2. The van der Waals surface area contributed by atoms with E-state index >= 15 is 0 Å². The first-order valence-electron chi connectivity index (χ1n) is 9.43. The third-order valence-corrected chi connectivity index (χ3v) is 5.20. The predicted molar refractivity (Wildman–Crippen MR) is 133 cm³/mol. The number of benzene rings is 3. The number of amides is 1. The Kier molecular flexibility index (Phi) is 6.47. The average molecular weight is 543 g/mol. The van der Waals surface area contributed by atoms with Crippen molar-refractivity contribution >= 4 is 62.6 Å². The molecule has 0 aliphatic heterocycles. The molecule has 0 fully saturated rings. The highest BCUT2D eigenvalue weighted by Gasteiger charge is 2.11. The van der Waals surface area contributed by atoms with Gasteiger partial charge in [0.05, 0.1) is 0 Å². The molecular weight excluding hydrogens is 525 g/mol. The smallest absolute Gasteiger partial charge is 0.264 e. The van der Waals surface area contributed by atoms with E-state index < -0.39 is 0 Å². The molecule has 1 heterocycles. The largest absolute Gasteiger partial charge is 0.484 e. The molecular formula is C23H18IN3O3S. The number of oxazole rings is 1. The van der Waals surface area contributed by atoms with Crippen LogP contribution >= 0.6 is 34.8 Å². The Balaban J connectivity index is 1.37. The SMILES string of the molecule is Cc1cccc(OCC(=O)NC(=S)Nc2ccc3oc(-c4cccc(I)c4)nc3c2)c1. The number of carbonyl (C=O) groups is 1. The summed E-state index contributed by atoms with van der Waals surface area (Å²) < 4.78 is 12.4. The summed E-state index contributed by atoms with van der Waals surface area (Å²) >= 11 is 7.49. The lowest BCUT2D eigenvalue weighted by molar-refractivity contribution is -0.121. The minimum atomic E-state index is -0.345. The maximum Gasteiger partial charge on any atom is 0.264 e. The zero-order valence-corrected chi connectivity index (χ0v) is 19.5. The fourth-order valence-electron chi connectivity index (χ4n) is 2.93. The Morgan fingerprint density at radius 1 is 1.13 bits per heavy atom. The zero-order chi connectivity index (χ0) is 21.8. The van der Waals surface area contributed by atoms with Gasteiger partial charge in [-0.2, -0.15) is 0 Å². The third kappa shape index (κ3) is 5.59. The molecule has 0 saturated heterocycles. The van der Waals surface area contributed by atoms with Crippen molar-refractivity contribution in [2.75, 3.05) is 11.9 Å². The monoisotopic (exact) mass is 543 g/mol. The quantitative estimate of drug-likeness (QED) is 0.263. The first-order valence-corrected chi connectivity index (χ1v) is 10.9. The van der Waals surface area contributed by atoms with Crippen molar-refractivity contribution in [2.24, 2.45) is 0 Å². The van der Waals surface area contributed by atoms with Crippen LogP contribution in [-0.4, -0.2) is 22.6 Å². The Hall–Kier alpha value is -2.98. The number of hydrogen-bond donors (Lipinski definition) is 2. The van der Waals surface area contributed by atoms with Crippen LogP contribution in [0, 0.1) is 10.5 Å². The van der Waals surface area contributed by atoms with Gasteiger partial charge in [0.25, 0.3) is 5.91 Å². The molecule has 1 aromatic heterocycles. The summed E-state index contributed by atoms with van der Waals surface area (Å²) in [6.07, 6.45) is 0. The number of fused-ring (bicyclic) bond motifs is 1. The van der Waals surface area contributed by atoms with E-state index in [0.29, 0.717) is 28.4 Å². The van der Waals surface area contributed by atoms with Gasteiger partial charge in [-0.3, -0.25) is 10.1 Å². The minimum Gasteiger partial charge on any atom is -0.484 e. The van der Waals surface area contributed by atoms with Crippen molar-refractivity contribution in [1.82, 2.24) is 10.3 Å². The van der Waals surface area contributed by atoms with Crippen molar-refractivity contribution < 1.29 is 13.9 Å². The summed E-state index contributed by atoms with van der Waals surface area (Å²) in [5.41, 5.74) is 4.02. The van der Waals surface area contributed by atoms with Crippen LogP contribution in [0.25, 0.3) is 22.6 Å². The van der Waals surface area contributed by atoms with Gasteiger partial charge in [0.1, 0.15) is 11.3 Å².